The Balaban J connectivity index is 1.46. The second-order valence-corrected chi connectivity index (χ2v) is 11.6. The van der Waals surface area contributed by atoms with Gasteiger partial charge >= 0.3 is 5.97 Å². The van der Waals surface area contributed by atoms with Crippen LogP contribution >= 0.6 is 0 Å². The Hall–Kier alpha value is -3.88. The van der Waals surface area contributed by atoms with Crippen LogP contribution in [0.2, 0.25) is 0 Å². The molecule has 8 nitrogen and oxygen atoms in total. The number of carbonyl (C=O) groups is 2. The molecule has 1 unspecified atom stereocenters. The zero-order valence-electron chi connectivity index (χ0n) is 25.2. The van der Waals surface area contributed by atoms with E-state index < -0.39 is 11.9 Å². The number of nitrogens with two attached hydrogens (primary N) is 1. The molecule has 0 aliphatic carbocycles. The summed E-state index contributed by atoms with van der Waals surface area (Å²) in [6, 6.07) is 21.4. The smallest absolute Gasteiger partial charge is 0.308 e. The Bertz CT molecular complexity index is 1430. The van der Waals surface area contributed by atoms with Crippen LogP contribution in [-0.2, 0) is 29.0 Å². The highest BCUT2D eigenvalue weighted by molar-refractivity contribution is 5.95. The Labute approximate surface area is 254 Å². The van der Waals surface area contributed by atoms with Crippen LogP contribution in [0.15, 0.2) is 66.7 Å². The minimum atomic E-state index is -0.833. The van der Waals surface area contributed by atoms with Crippen molar-refractivity contribution in [3.05, 3.63) is 89.0 Å². The molecule has 3 aromatic rings. The second kappa shape index (κ2) is 14.1. The average Bonchev–Trinajstić information content (AvgIpc) is 3.64. The van der Waals surface area contributed by atoms with Gasteiger partial charge in [0.15, 0.2) is 0 Å². The quantitative estimate of drug-likeness (QED) is 0.290. The number of anilines is 1. The summed E-state index contributed by atoms with van der Waals surface area (Å²) in [7, 11) is 1.65. The lowest BCUT2D eigenvalue weighted by Gasteiger charge is -2.30. The summed E-state index contributed by atoms with van der Waals surface area (Å²) >= 11 is 0. The third-order valence-corrected chi connectivity index (χ3v) is 8.91. The molecule has 0 bridgehead atoms. The van der Waals surface area contributed by atoms with E-state index in [0.29, 0.717) is 39.1 Å². The summed E-state index contributed by atoms with van der Waals surface area (Å²) < 4.78 is 11.3. The fourth-order valence-corrected chi connectivity index (χ4v) is 6.66. The molecule has 2 aliphatic heterocycles. The Morgan fingerprint density at radius 2 is 1.95 bits per heavy atom. The van der Waals surface area contributed by atoms with E-state index in [9.17, 15) is 14.7 Å². The average molecular weight is 586 g/mol. The monoisotopic (exact) mass is 585 g/mol. The number of amides is 1. The molecule has 1 fully saturated rings. The predicted molar refractivity (Wildman–Crippen MR) is 168 cm³/mol. The van der Waals surface area contributed by atoms with Gasteiger partial charge in [0.2, 0.25) is 5.91 Å². The summed E-state index contributed by atoms with van der Waals surface area (Å²) in [5, 5.41) is 10.6. The number of hydrogen-bond donors (Lipinski definition) is 2. The van der Waals surface area contributed by atoms with Crippen molar-refractivity contribution in [2.45, 2.75) is 57.5 Å². The highest BCUT2D eigenvalue weighted by Gasteiger charge is 2.47. The molecule has 0 radical (unpaired) electrons. The predicted octanol–water partition coefficient (Wildman–Crippen LogP) is 5.02. The van der Waals surface area contributed by atoms with E-state index in [1.165, 1.54) is 0 Å². The Morgan fingerprint density at radius 3 is 2.72 bits per heavy atom. The molecule has 2 heterocycles. The number of benzene rings is 3. The summed E-state index contributed by atoms with van der Waals surface area (Å²) in [5.41, 5.74) is 10.8. The number of likely N-dealkylation sites (tertiary alicyclic amines) is 1. The first-order valence-corrected chi connectivity index (χ1v) is 15.4. The first-order chi connectivity index (χ1) is 20.9. The lowest BCUT2D eigenvalue weighted by molar-refractivity contribution is -0.143. The van der Waals surface area contributed by atoms with Crippen LogP contribution < -0.4 is 20.1 Å². The fraction of sp³-hybridized carbons (Fsp3) is 0.429. The van der Waals surface area contributed by atoms with Crippen molar-refractivity contribution in [3.8, 4) is 11.5 Å². The summed E-state index contributed by atoms with van der Waals surface area (Å²) in [6.45, 7) is 4.38. The van der Waals surface area contributed by atoms with Crippen LogP contribution in [0.4, 0.5) is 5.69 Å². The minimum absolute atomic E-state index is 0.0305. The molecular formula is C35H43N3O5. The number of para-hydroxylation sites is 1. The molecule has 228 valence electrons. The van der Waals surface area contributed by atoms with Gasteiger partial charge in [0, 0.05) is 43.7 Å². The van der Waals surface area contributed by atoms with Gasteiger partial charge in [-0.3, -0.25) is 14.5 Å². The summed E-state index contributed by atoms with van der Waals surface area (Å²) in [4.78, 5) is 31.0. The molecule has 3 N–H and O–H groups in total. The van der Waals surface area contributed by atoms with E-state index >= 15 is 0 Å². The molecule has 0 saturated carbocycles. The fourth-order valence-electron chi connectivity index (χ4n) is 6.66. The van der Waals surface area contributed by atoms with Crippen LogP contribution in [0.1, 0.15) is 54.4 Å². The van der Waals surface area contributed by atoms with Gasteiger partial charge in [-0.05, 0) is 65.8 Å². The number of carboxylic acids is 1. The van der Waals surface area contributed by atoms with Crippen molar-refractivity contribution in [2.24, 2.45) is 11.7 Å². The van der Waals surface area contributed by atoms with Crippen molar-refractivity contribution in [2.75, 3.05) is 38.3 Å². The number of methoxy groups -OCH3 is 1. The lowest BCUT2D eigenvalue weighted by Crippen LogP contribution is -2.44. The molecule has 3 atom stereocenters. The van der Waals surface area contributed by atoms with E-state index in [0.717, 1.165) is 58.7 Å². The van der Waals surface area contributed by atoms with E-state index in [1.54, 1.807) is 7.11 Å². The van der Waals surface area contributed by atoms with Gasteiger partial charge in [-0.2, -0.15) is 0 Å². The van der Waals surface area contributed by atoms with Gasteiger partial charge in [0.1, 0.15) is 11.5 Å². The van der Waals surface area contributed by atoms with Gasteiger partial charge in [-0.1, -0.05) is 55.8 Å². The Kier molecular flexibility index (Phi) is 10.00. The van der Waals surface area contributed by atoms with Crippen LogP contribution in [0.3, 0.4) is 0 Å². The normalized spacial score (nSPS) is 19.6. The summed E-state index contributed by atoms with van der Waals surface area (Å²) in [6.07, 6.45) is 3.88. The number of hydrogen-bond acceptors (Lipinski definition) is 6. The number of aryl methyl sites for hydroxylation is 1. The number of unbranched alkanes of at least 4 members (excludes halogenated alkanes) is 1. The molecule has 1 amide bonds. The molecule has 43 heavy (non-hydrogen) atoms. The molecular weight excluding hydrogens is 542 g/mol. The number of aliphatic carboxylic acids is 1. The highest BCUT2D eigenvalue weighted by Crippen LogP contribution is 2.41. The zero-order valence-corrected chi connectivity index (χ0v) is 25.2. The SMILES string of the molecule is CCCCN(C(=O)CN1C[C@H](c2ccc3c(c2)CCO3)C(C(=O)O)[C@@H]1CCc1ccccc1OC)c1cccc(CN)c1. The van der Waals surface area contributed by atoms with Crippen LogP contribution in [0, 0.1) is 5.92 Å². The number of nitrogens with zero attached hydrogens (tertiary/aromatic N) is 2. The molecule has 8 heteroatoms. The summed E-state index contributed by atoms with van der Waals surface area (Å²) in [5.74, 6) is -0.108. The van der Waals surface area contributed by atoms with Crippen molar-refractivity contribution >= 4 is 17.6 Å². The van der Waals surface area contributed by atoms with Crippen molar-refractivity contribution in [3.63, 3.8) is 0 Å². The number of carboxylic acid groups (broad SMARTS) is 1. The van der Waals surface area contributed by atoms with Gasteiger partial charge in [-0.15, -0.1) is 0 Å². The second-order valence-electron chi connectivity index (χ2n) is 11.6. The molecule has 0 spiro atoms. The van der Waals surface area contributed by atoms with Crippen molar-refractivity contribution in [1.82, 2.24) is 4.90 Å². The molecule has 2 aliphatic rings. The third kappa shape index (κ3) is 6.86. The first kappa shape index (κ1) is 30.6. The standard InChI is InChI=1S/C35H43N3O5/c1-3-4-17-38(28-10-7-8-24(19-28)21-36)33(39)23-37-22-29(26-13-15-32-27(20-26)16-18-43-32)34(35(40)41)30(37)14-12-25-9-5-6-11-31(25)42-2/h5-11,13,15,19-20,29-30,34H,3-4,12,14,16-18,21-23,36H2,1-2H3,(H,40,41)/t29-,30+,34?/m1/s1. The van der Waals surface area contributed by atoms with Crippen LogP contribution in [0.5, 0.6) is 11.5 Å². The van der Waals surface area contributed by atoms with E-state index in [1.807, 2.05) is 65.6 Å². The maximum absolute atomic E-state index is 14.1. The minimum Gasteiger partial charge on any atom is -0.496 e. The van der Waals surface area contributed by atoms with Gasteiger partial charge in [-0.25, -0.2) is 0 Å². The maximum Gasteiger partial charge on any atom is 0.308 e. The lowest BCUT2D eigenvalue weighted by atomic mass is 9.83. The van der Waals surface area contributed by atoms with Crippen molar-refractivity contribution < 1.29 is 24.2 Å². The topological polar surface area (TPSA) is 105 Å². The zero-order chi connectivity index (χ0) is 30.3. The van der Waals surface area contributed by atoms with Crippen LogP contribution in [0.25, 0.3) is 0 Å². The Morgan fingerprint density at radius 1 is 1.12 bits per heavy atom. The molecule has 5 rings (SSSR count). The van der Waals surface area contributed by atoms with Gasteiger partial charge in [0.25, 0.3) is 0 Å². The van der Waals surface area contributed by atoms with E-state index in [-0.39, 0.29) is 24.4 Å². The first-order valence-electron chi connectivity index (χ1n) is 15.4. The number of rotatable bonds is 13. The number of carbonyl (C=O) groups excluding carboxylic acids is 1. The highest BCUT2D eigenvalue weighted by atomic mass is 16.5. The largest absolute Gasteiger partial charge is 0.496 e. The van der Waals surface area contributed by atoms with Crippen LogP contribution in [-0.4, -0.2) is 61.3 Å². The van der Waals surface area contributed by atoms with E-state index in [2.05, 4.69) is 17.9 Å². The molecule has 1 saturated heterocycles. The molecule has 3 aromatic carbocycles. The maximum atomic E-state index is 14.1. The molecule has 0 aromatic heterocycles. The third-order valence-electron chi connectivity index (χ3n) is 8.91. The van der Waals surface area contributed by atoms with Gasteiger partial charge < -0.3 is 25.2 Å². The number of fused-ring (bicyclic) bond motifs is 1. The number of ether oxygens (including phenoxy) is 2. The van der Waals surface area contributed by atoms with E-state index in [4.69, 9.17) is 15.2 Å². The van der Waals surface area contributed by atoms with Crippen molar-refractivity contribution in [1.29, 1.82) is 0 Å². The van der Waals surface area contributed by atoms with Gasteiger partial charge in [0.05, 0.1) is 26.2 Å².